The molecule has 0 aliphatic carbocycles. The fourth-order valence-corrected chi connectivity index (χ4v) is 6.99. The molecule has 0 fully saturated rings. The van der Waals surface area contributed by atoms with Gasteiger partial charge in [-0.25, -0.2) is 0 Å². The quantitative estimate of drug-likeness (QED) is 0.154. The van der Waals surface area contributed by atoms with Crippen molar-refractivity contribution in [2.45, 2.75) is 0 Å². The van der Waals surface area contributed by atoms with Crippen molar-refractivity contribution in [2.75, 3.05) is 4.90 Å². The molecule has 0 radical (unpaired) electrons. The molecule has 0 amide bonds. The largest absolute Gasteiger partial charge is 0.310 e. The van der Waals surface area contributed by atoms with Crippen molar-refractivity contribution < 1.29 is 5.48 Å². The van der Waals surface area contributed by atoms with E-state index in [0.717, 1.165) is 66.7 Å². The Morgan fingerprint density at radius 1 is 0.283 bits per heavy atom. The Bertz CT molecular complexity index is 2840. The summed E-state index contributed by atoms with van der Waals surface area (Å²) >= 11 is 0. The minimum Gasteiger partial charge on any atom is -0.310 e. The van der Waals surface area contributed by atoms with E-state index in [1.54, 1.807) is 0 Å². The molecule has 9 aromatic rings. The van der Waals surface area contributed by atoms with Crippen LogP contribution in [0.15, 0.2) is 224 Å². The van der Waals surface area contributed by atoms with E-state index in [1.165, 1.54) is 0 Å². The van der Waals surface area contributed by atoms with Gasteiger partial charge in [0.05, 0.1) is 11.2 Å². The van der Waals surface area contributed by atoms with E-state index in [1.807, 2.05) is 138 Å². The van der Waals surface area contributed by atoms with Gasteiger partial charge in [-0.1, -0.05) is 182 Å². The summed E-state index contributed by atoms with van der Waals surface area (Å²) in [5.41, 5.74) is 10.8. The zero-order chi connectivity index (χ0) is 38.9. The molecule has 53 heavy (non-hydrogen) atoms. The molecule has 1 heteroatoms. The monoisotopic (exact) mass is 679 g/mol. The molecule has 0 saturated carbocycles. The molecule has 9 aromatic carbocycles. The zero-order valence-corrected chi connectivity index (χ0v) is 29.0. The molecule has 0 bridgehead atoms. The summed E-state index contributed by atoms with van der Waals surface area (Å²) in [5, 5.41) is 2.27. The SMILES string of the molecule is [2H]c1c([2H])c(N(c2ccc(-c3ccc(-c4ccccc4)cc3)cc2)c2ccccc2-c2ccccc2)c([2H])c([2H])c1-c1cccc(-c2ccc3ccccc3c2)c1. The van der Waals surface area contributed by atoms with Gasteiger partial charge in [0, 0.05) is 16.9 Å². The topological polar surface area (TPSA) is 3.24 Å². The maximum atomic E-state index is 9.57. The number of benzene rings is 9. The van der Waals surface area contributed by atoms with Gasteiger partial charge in [-0.05, 0) is 103 Å². The number of rotatable bonds is 8. The van der Waals surface area contributed by atoms with Crippen LogP contribution in [0.4, 0.5) is 17.1 Å². The molecule has 0 N–H and O–H groups in total. The van der Waals surface area contributed by atoms with Crippen LogP contribution < -0.4 is 4.90 Å². The Balaban J connectivity index is 1.16. The van der Waals surface area contributed by atoms with E-state index >= 15 is 0 Å². The summed E-state index contributed by atoms with van der Waals surface area (Å²) in [5.74, 6) is 0. The van der Waals surface area contributed by atoms with Gasteiger partial charge in [0.25, 0.3) is 0 Å². The summed E-state index contributed by atoms with van der Waals surface area (Å²) in [4.78, 5) is 1.88. The Morgan fingerprint density at radius 3 is 1.43 bits per heavy atom. The average Bonchev–Trinajstić information content (AvgIpc) is 3.28. The second-order valence-electron chi connectivity index (χ2n) is 13.1. The van der Waals surface area contributed by atoms with Gasteiger partial charge in [-0.2, -0.15) is 0 Å². The van der Waals surface area contributed by atoms with Crippen molar-refractivity contribution in [3.63, 3.8) is 0 Å². The predicted octanol–water partition coefficient (Wildman–Crippen LogP) is 14.6. The van der Waals surface area contributed by atoms with Gasteiger partial charge in [0.2, 0.25) is 0 Å². The van der Waals surface area contributed by atoms with E-state index < -0.39 is 0 Å². The van der Waals surface area contributed by atoms with Crippen LogP contribution in [0.1, 0.15) is 5.48 Å². The van der Waals surface area contributed by atoms with Crippen molar-refractivity contribution in [3.05, 3.63) is 224 Å². The summed E-state index contributed by atoms with van der Waals surface area (Å²) in [6, 6.07) is 66.7. The fraction of sp³-hybridized carbons (Fsp3) is 0. The maximum absolute atomic E-state index is 9.57. The van der Waals surface area contributed by atoms with Crippen molar-refractivity contribution >= 4 is 27.8 Å². The predicted molar refractivity (Wildman–Crippen MR) is 226 cm³/mol. The van der Waals surface area contributed by atoms with Crippen molar-refractivity contribution in [1.82, 2.24) is 0 Å². The van der Waals surface area contributed by atoms with Crippen LogP contribution in [-0.4, -0.2) is 0 Å². The number of anilines is 3. The van der Waals surface area contributed by atoms with Crippen molar-refractivity contribution in [3.8, 4) is 55.6 Å². The Kier molecular flexibility index (Phi) is 7.50. The van der Waals surface area contributed by atoms with E-state index in [0.29, 0.717) is 5.56 Å². The molecule has 250 valence electrons. The number of hydrogen-bond donors (Lipinski definition) is 0. The Labute approximate surface area is 317 Å². The highest BCUT2D eigenvalue weighted by atomic mass is 15.1. The van der Waals surface area contributed by atoms with E-state index in [2.05, 4.69) is 66.7 Å². The standard InChI is InChI=1S/C52H37N/c1-3-12-38(13-4-1)40-22-24-41(25-23-40)42-28-32-49(33-29-42)53(52-21-10-9-20-51(52)44-15-5-2-6-16-44)50-34-30-43(31-35-50)46-18-11-19-47(36-46)48-27-26-39-14-7-8-17-45(39)37-48/h1-37H/i30D,31D,34D,35D. The molecule has 0 aromatic heterocycles. The zero-order valence-electron chi connectivity index (χ0n) is 33.0. The van der Waals surface area contributed by atoms with Gasteiger partial charge in [0.15, 0.2) is 0 Å². The lowest BCUT2D eigenvalue weighted by molar-refractivity contribution is 1.28. The van der Waals surface area contributed by atoms with Crippen molar-refractivity contribution in [2.24, 2.45) is 0 Å². The smallest absolute Gasteiger partial charge is 0.0645 e. The minimum atomic E-state index is -0.120. The summed E-state index contributed by atoms with van der Waals surface area (Å²) in [7, 11) is 0. The number of fused-ring (bicyclic) bond motifs is 1. The van der Waals surface area contributed by atoms with Gasteiger partial charge < -0.3 is 4.90 Å². The first kappa shape index (κ1) is 27.7. The molecule has 0 spiro atoms. The normalized spacial score (nSPS) is 12.1. The summed E-state index contributed by atoms with van der Waals surface area (Å²) < 4.78 is 38.0. The maximum Gasteiger partial charge on any atom is 0.0645 e. The van der Waals surface area contributed by atoms with E-state index in [4.69, 9.17) is 0 Å². The molecular formula is C52H37N. The van der Waals surface area contributed by atoms with Crippen LogP contribution in [0.3, 0.4) is 0 Å². The minimum absolute atomic E-state index is 0.0982. The van der Waals surface area contributed by atoms with Crippen LogP contribution in [0.5, 0.6) is 0 Å². The highest BCUT2D eigenvalue weighted by molar-refractivity contribution is 5.90. The Morgan fingerprint density at radius 2 is 0.755 bits per heavy atom. The number of nitrogens with zero attached hydrogens (tertiary/aromatic N) is 1. The third-order valence-electron chi connectivity index (χ3n) is 9.75. The molecule has 0 heterocycles. The second kappa shape index (κ2) is 14.3. The third-order valence-corrected chi connectivity index (χ3v) is 9.75. The van der Waals surface area contributed by atoms with Crippen LogP contribution in [0.2, 0.25) is 0 Å². The second-order valence-corrected chi connectivity index (χ2v) is 13.1. The molecular weight excluding hydrogens is 639 g/mol. The molecule has 0 aliphatic heterocycles. The van der Waals surface area contributed by atoms with Crippen molar-refractivity contribution in [1.29, 1.82) is 0 Å². The Hall–Kier alpha value is -6.96. The first-order valence-corrected chi connectivity index (χ1v) is 17.8. The van der Waals surface area contributed by atoms with E-state index in [9.17, 15) is 5.48 Å². The lowest BCUT2D eigenvalue weighted by Crippen LogP contribution is -2.11. The molecule has 0 aliphatic rings. The molecule has 0 saturated heterocycles. The third kappa shape index (κ3) is 6.65. The molecule has 1 nitrogen and oxygen atoms in total. The lowest BCUT2D eigenvalue weighted by atomic mass is 9.97. The number of hydrogen-bond acceptors (Lipinski definition) is 1. The van der Waals surface area contributed by atoms with Crippen LogP contribution in [-0.2, 0) is 0 Å². The van der Waals surface area contributed by atoms with Gasteiger partial charge in [-0.15, -0.1) is 0 Å². The molecule has 0 unspecified atom stereocenters. The van der Waals surface area contributed by atoms with Crippen LogP contribution in [0.25, 0.3) is 66.4 Å². The van der Waals surface area contributed by atoms with E-state index in [-0.39, 0.29) is 35.4 Å². The van der Waals surface area contributed by atoms with Gasteiger partial charge >= 0.3 is 0 Å². The first-order valence-electron chi connectivity index (χ1n) is 19.8. The number of para-hydroxylation sites is 1. The first-order chi connectivity index (χ1) is 27.9. The highest BCUT2D eigenvalue weighted by Crippen LogP contribution is 2.42. The van der Waals surface area contributed by atoms with Crippen LogP contribution in [0, 0.1) is 0 Å². The summed E-state index contributed by atoms with van der Waals surface area (Å²) in [6.07, 6.45) is 0. The molecule has 9 rings (SSSR count). The average molecular weight is 680 g/mol. The summed E-state index contributed by atoms with van der Waals surface area (Å²) in [6.45, 7) is 0. The lowest BCUT2D eigenvalue weighted by Gasteiger charge is -2.28. The molecule has 0 atom stereocenters. The van der Waals surface area contributed by atoms with Gasteiger partial charge in [0.1, 0.15) is 0 Å². The van der Waals surface area contributed by atoms with Gasteiger partial charge in [-0.3, -0.25) is 0 Å². The fourth-order valence-electron chi connectivity index (χ4n) is 6.99. The van der Waals surface area contributed by atoms with Crippen LogP contribution >= 0.6 is 0 Å². The highest BCUT2D eigenvalue weighted by Gasteiger charge is 2.17.